The Labute approximate surface area is 99.0 Å². The molecule has 0 bridgehead atoms. The molecular formula is C8H17LiO4Si. The Hall–Kier alpha value is 0.204. The Morgan fingerprint density at radius 1 is 1.43 bits per heavy atom. The van der Waals surface area contributed by atoms with Crippen molar-refractivity contribution in [2.45, 2.75) is 31.7 Å². The molecule has 78 valence electrons. The van der Waals surface area contributed by atoms with Crippen LogP contribution in [0.25, 0.3) is 0 Å². The third-order valence-corrected chi connectivity index (χ3v) is 4.61. The van der Waals surface area contributed by atoms with E-state index in [0.717, 1.165) is 6.42 Å². The van der Waals surface area contributed by atoms with Gasteiger partial charge in [-0.25, -0.2) is 0 Å². The number of hydrogen-bond donors (Lipinski definition) is 0. The zero-order chi connectivity index (χ0) is 10.5. The molecule has 0 saturated heterocycles. The normalized spacial score (nSPS) is 14.6. The topological polar surface area (TPSA) is 58.6 Å². The molecule has 0 rings (SSSR count). The first-order valence-corrected chi connectivity index (χ1v) is 5.82. The van der Waals surface area contributed by atoms with Gasteiger partial charge >= 0.3 is 28.1 Å². The Bertz CT molecular complexity index is 175. The average Bonchev–Trinajstić information content (AvgIpc) is 2.06. The molecule has 14 heavy (non-hydrogen) atoms. The second kappa shape index (κ2) is 7.49. The summed E-state index contributed by atoms with van der Waals surface area (Å²) < 4.78 is 10.1. The molecule has 1 unspecified atom stereocenters. The molecule has 0 aromatic carbocycles. The largest absolute Gasteiger partial charge is 1.00 e. The predicted octanol–water partition coefficient (Wildman–Crippen LogP) is -3.19. The van der Waals surface area contributed by atoms with E-state index < -0.39 is 20.3 Å². The molecule has 0 amide bonds. The standard InChI is InChI=1S/C8H18O4Si.Li/c1-5-6-8(2,7(9)10)13(11-3)12-4;/h13H,5-6H2,1-4H3,(H,9,10);/q;+1/p-1. The number of carbonyl (C=O) groups excluding carboxylic acids is 1. The molecule has 0 saturated carbocycles. The van der Waals surface area contributed by atoms with E-state index in [1.54, 1.807) is 6.92 Å². The fourth-order valence-electron chi connectivity index (χ4n) is 1.45. The van der Waals surface area contributed by atoms with Crippen LogP contribution < -0.4 is 24.0 Å². The number of carbonyl (C=O) groups is 1. The van der Waals surface area contributed by atoms with Crippen LogP contribution in [0.2, 0.25) is 5.04 Å². The Balaban J connectivity index is 0. The molecule has 0 aromatic heterocycles. The first-order valence-electron chi connectivity index (χ1n) is 4.30. The number of rotatable bonds is 6. The van der Waals surface area contributed by atoms with Gasteiger partial charge < -0.3 is 18.8 Å². The van der Waals surface area contributed by atoms with E-state index in [-0.39, 0.29) is 18.9 Å². The first-order chi connectivity index (χ1) is 6.02. The SMILES string of the molecule is CCCC(C)(C(=O)[O-])[SiH](OC)OC.[Li+]. The fourth-order valence-corrected chi connectivity index (χ4v) is 3.40. The summed E-state index contributed by atoms with van der Waals surface area (Å²) in [5.74, 6) is -1.07. The van der Waals surface area contributed by atoms with Crippen LogP contribution in [0.1, 0.15) is 26.7 Å². The van der Waals surface area contributed by atoms with Crippen LogP contribution in [0.4, 0.5) is 0 Å². The minimum Gasteiger partial charge on any atom is -0.550 e. The molecule has 0 aliphatic rings. The van der Waals surface area contributed by atoms with Gasteiger partial charge in [0.15, 0.2) is 0 Å². The van der Waals surface area contributed by atoms with E-state index in [2.05, 4.69) is 0 Å². The van der Waals surface area contributed by atoms with Crippen LogP contribution in [-0.4, -0.2) is 29.5 Å². The fraction of sp³-hybridized carbons (Fsp3) is 0.875. The minimum atomic E-state index is -2.16. The van der Waals surface area contributed by atoms with Gasteiger partial charge in [-0.3, -0.25) is 0 Å². The Morgan fingerprint density at radius 2 is 1.86 bits per heavy atom. The van der Waals surface area contributed by atoms with Crippen molar-refractivity contribution in [1.82, 2.24) is 0 Å². The van der Waals surface area contributed by atoms with Gasteiger partial charge in [0.25, 0.3) is 0 Å². The summed E-state index contributed by atoms with van der Waals surface area (Å²) in [6, 6.07) is 0. The molecule has 0 aliphatic carbocycles. The summed E-state index contributed by atoms with van der Waals surface area (Å²) in [6.45, 7) is 3.56. The monoisotopic (exact) mass is 212 g/mol. The molecule has 0 aliphatic heterocycles. The second-order valence-corrected chi connectivity index (χ2v) is 6.14. The molecular weight excluding hydrogens is 195 g/mol. The van der Waals surface area contributed by atoms with Crippen LogP contribution >= 0.6 is 0 Å². The van der Waals surface area contributed by atoms with E-state index in [9.17, 15) is 9.90 Å². The third kappa shape index (κ3) is 3.75. The molecule has 4 nitrogen and oxygen atoms in total. The Morgan fingerprint density at radius 3 is 2.07 bits per heavy atom. The maximum absolute atomic E-state index is 10.9. The van der Waals surface area contributed by atoms with E-state index in [1.165, 1.54) is 14.2 Å². The average molecular weight is 212 g/mol. The molecule has 0 aromatic rings. The zero-order valence-corrected chi connectivity index (χ0v) is 10.8. The van der Waals surface area contributed by atoms with Crippen LogP contribution in [-0.2, 0) is 13.6 Å². The quantitative estimate of drug-likeness (QED) is 0.435. The van der Waals surface area contributed by atoms with Gasteiger partial charge in [0.05, 0.1) is 0 Å². The summed E-state index contributed by atoms with van der Waals surface area (Å²) >= 11 is 0. The number of carboxylic acid groups (broad SMARTS) is 1. The van der Waals surface area contributed by atoms with Crippen LogP contribution in [0, 0.1) is 0 Å². The maximum atomic E-state index is 10.9. The van der Waals surface area contributed by atoms with Gasteiger partial charge in [0, 0.05) is 25.2 Å². The van der Waals surface area contributed by atoms with Crippen molar-refractivity contribution in [3.8, 4) is 0 Å². The smallest absolute Gasteiger partial charge is 0.550 e. The predicted molar refractivity (Wildman–Crippen MR) is 49.4 cm³/mol. The van der Waals surface area contributed by atoms with Gasteiger partial charge in [-0.15, -0.1) is 0 Å². The molecule has 0 spiro atoms. The van der Waals surface area contributed by atoms with Gasteiger partial charge in [-0.1, -0.05) is 20.3 Å². The summed E-state index contributed by atoms with van der Waals surface area (Å²) in [6.07, 6.45) is 1.31. The minimum absolute atomic E-state index is 0. The van der Waals surface area contributed by atoms with E-state index in [1.807, 2.05) is 6.92 Å². The van der Waals surface area contributed by atoms with Gasteiger partial charge in [0.2, 0.25) is 0 Å². The molecule has 1 atom stereocenters. The number of aliphatic carboxylic acids is 1. The van der Waals surface area contributed by atoms with Gasteiger partial charge in [-0.2, -0.15) is 0 Å². The second-order valence-electron chi connectivity index (χ2n) is 3.26. The molecule has 6 heteroatoms. The summed E-state index contributed by atoms with van der Waals surface area (Å²) in [7, 11) is 0.807. The van der Waals surface area contributed by atoms with E-state index in [0.29, 0.717) is 6.42 Å². The van der Waals surface area contributed by atoms with Crippen molar-refractivity contribution in [2.24, 2.45) is 0 Å². The van der Waals surface area contributed by atoms with Crippen LogP contribution in [0.5, 0.6) is 0 Å². The van der Waals surface area contributed by atoms with Crippen molar-refractivity contribution in [3.05, 3.63) is 0 Å². The summed E-state index contributed by atoms with van der Waals surface area (Å²) in [5.41, 5.74) is 0. The van der Waals surface area contributed by atoms with E-state index >= 15 is 0 Å². The molecule has 0 radical (unpaired) electrons. The van der Waals surface area contributed by atoms with Crippen molar-refractivity contribution in [3.63, 3.8) is 0 Å². The van der Waals surface area contributed by atoms with Gasteiger partial charge in [-0.05, 0) is 6.42 Å². The van der Waals surface area contributed by atoms with Crippen LogP contribution in [0.15, 0.2) is 0 Å². The number of carboxylic acids is 1. The number of hydrogen-bond acceptors (Lipinski definition) is 4. The summed E-state index contributed by atoms with van der Waals surface area (Å²) in [5, 5.41) is 10.0. The zero-order valence-electron chi connectivity index (χ0n) is 9.62. The van der Waals surface area contributed by atoms with Crippen molar-refractivity contribution in [1.29, 1.82) is 0 Å². The van der Waals surface area contributed by atoms with Crippen molar-refractivity contribution < 1.29 is 37.6 Å². The molecule has 0 N–H and O–H groups in total. The van der Waals surface area contributed by atoms with Crippen LogP contribution in [0.3, 0.4) is 0 Å². The molecule has 0 fully saturated rings. The third-order valence-electron chi connectivity index (χ3n) is 2.18. The van der Waals surface area contributed by atoms with Gasteiger partial charge in [0.1, 0.15) is 0 Å². The molecule has 0 heterocycles. The Kier molecular flexibility index (Phi) is 8.90. The van der Waals surface area contributed by atoms with Crippen molar-refractivity contribution >= 4 is 15.3 Å². The van der Waals surface area contributed by atoms with Crippen molar-refractivity contribution in [2.75, 3.05) is 14.2 Å². The summed E-state index contributed by atoms with van der Waals surface area (Å²) in [4.78, 5) is 10.9. The van der Waals surface area contributed by atoms with E-state index in [4.69, 9.17) is 8.85 Å². The maximum Gasteiger partial charge on any atom is 1.00 e. The first kappa shape index (κ1) is 16.6.